The predicted octanol–water partition coefficient (Wildman–Crippen LogP) is 1.80. The topological polar surface area (TPSA) is 15.3 Å². The maximum Gasteiger partial charge on any atom is 0.0449 e. The highest BCUT2D eigenvalue weighted by atomic mass is 15.2. The number of hydrogen-bond donors (Lipinski definition) is 1. The predicted molar refractivity (Wildman–Crippen MR) is 61.8 cm³/mol. The van der Waals surface area contributed by atoms with Gasteiger partial charge in [-0.05, 0) is 24.9 Å². The highest BCUT2D eigenvalue weighted by molar-refractivity contribution is 5.20. The average Bonchev–Trinajstić information content (AvgIpc) is 2.77. The van der Waals surface area contributed by atoms with Crippen LogP contribution in [0.1, 0.15) is 24.4 Å². The van der Waals surface area contributed by atoms with Gasteiger partial charge in [0.15, 0.2) is 0 Å². The summed E-state index contributed by atoms with van der Waals surface area (Å²) in [5.41, 5.74) is 1.43. The Balaban J connectivity index is 1.74. The molecule has 15 heavy (non-hydrogen) atoms. The van der Waals surface area contributed by atoms with E-state index in [9.17, 15) is 0 Å². The van der Waals surface area contributed by atoms with E-state index in [0.717, 1.165) is 6.04 Å². The Morgan fingerprint density at radius 3 is 2.93 bits per heavy atom. The van der Waals surface area contributed by atoms with Crippen molar-refractivity contribution in [2.24, 2.45) is 0 Å². The van der Waals surface area contributed by atoms with Gasteiger partial charge in [0.05, 0.1) is 0 Å². The molecule has 0 spiro atoms. The zero-order valence-electron chi connectivity index (χ0n) is 9.02. The Labute approximate surface area is 91.3 Å². The van der Waals surface area contributed by atoms with E-state index in [2.05, 4.69) is 40.5 Å². The molecule has 2 aliphatic heterocycles. The number of rotatable bonds is 1. The molecule has 0 saturated carbocycles. The van der Waals surface area contributed by atoms with Crippen LogP contribution in [0.25, 0.3) is 0 Å². The first-order chi connectivity index (χ1) is 7.43. The maximum atomic E-state index is 3.67. The van der Waals surface area contributed by atoms with Crippen LogP contribution in [0.4, 0.5) is 0 Å². The van der Waals surface area contributed by atoms with Crippen molar-refractivity contribution >= 4 is 0 Å². The summed E-state index contributed by atoms with van der Waals surface area (Å²) in [6, 6.07) is 12.2. The number of nitrogens with one attached hydrogen (secondary N) is 1. The Kier molecular flexibility index (Phi) is 2.47. The van der Waals surface area contributed by atoms with Crippen molar-refractivity contribution in [3.63, 3.8) is 0 Å². The molecule has 2 nitrogen and oxygen atoms in total. The summed E-state index contributed by atoms with van der Waals surface area (Å²) in [6.07, 6.45) is 2.77. The minimum atomic E-state index is 0.542. The van der Waals surface area contributed by atoms with E-state index in [4.69, 9.17) is 0 Å². The lowest BCUT2D eigenvalue weighted by Gasteiger charge is -2.36. The number of nitrogens with zero attached hydrogens (tertiary/aromatic N) is 1. The van der Waals surface area contributed by atoms with Crippen LogP contribution in [-0.2, 0) is 0 Å². The van der Waals surface area contributed by atoms with Crippen LogP contribution in [0.15, 0.2) is 30.3 Å². The summed E-state index contributed by atoms with van der Waals surface area (Å²) < 4.78 is 0. The molecular formula is C13H18N2. The fourth-order valence-corrected chi connectivity index (χ4v) is 2.85. The zero-order valence-corrected chi connectivity index (χ0v) is 9.02. The lowest BCUT2D eigenvalue weighted by molar-refractivity contribution is 0.174. The van der Waals surface area contributed by atoms with Crippen LogP contribution in [0.5, 0.6) is 0 Å². The van der Waals surface area contributed by atoms with Gasteiger partial charge in [0.25, 0.3) is 0 Å². The summed E-state index contributed by atoms with van der Waals surface area (Å²) in [5, 5.41) is 3.67. The molecule has 2 atom stereocenters. The Hall–Kier alpha value is -0.860. The Morgan fingerprint density at radius 1 is 1.20 bits per heavy atom. The van der Waals surface area contributed by atoms with Crippen molar-refractivity contribution in [2.75, 3.05) is 19.6 Å². The monoisotopic (exact) mass is 202 g/mol. The van der Waals surface area contributed by atoms with E-state index in [1.165, 1.54) is 38.0 Å². The second kappa shape index (κ2) is 3.95. The van der Waals surface area contributed by atoms with Gasteiger partial charge in [0, 0.05) is 25.2 Å². The molecule has 0 radical (unpaired) electrons. The normalized spacial score (nSPS) is 31.5. The van der Waals surface area contributed by atoms with Crippen LogP contribution >= 0.6 is 0 Å². The molecular weight excluding hydrogens is 184 g/mol. The first-order valence-electron chi connectivity index (χ1n) is 5.96. The smallest absolute Gasteiger partial charge is 0.0449 e. The second-order valence-electron chi connectivity index (χ2n) is 4.66. The van der Waals surface area contributed by atoms with Crippen molar-refractivity contribution < 1.29 is 0 Å². The van der Waals surface area contributed by atoms with E-state index >= 15 is 0 Å². The summed E-state index contributed by atoms with van der Waals surface area (Å²) in [7, 11) is 0. The van der Waals surface area contributed by atoms with Gasteiger partial charge in [-0.2, -0.15) is 0 Å². The molecule has 1 N–H and O–H groups in total. The van der Waals surface area contributed by atoms with Gasteiger partial charge in [-0.15, -0.1) is 0 Å². The number of piperazine rings is 1. The summed E-state index contributed by atoms with van der Waals surface area (Å²) in [5.74, 6) is 0. The molecule has 0 aliphatic carbocycles. The summed E-state index contributed by atoms with van der Waals surface area (Å²) in [6.45, 7) is 3.66. The molecule has 0 aromatic heterocycles. The van der Waals surface area contributed by atoms with Crippen LogP contribution in [0, 0.1) is 0 Å². The fraction of sp³-hybridized carbons (Fsp3) is 0.538. The van der Waals surface area contributed by atoms with Crippen LogP contribution in [0.2, 0.25) is 0 Å². The minimum Gasteiger partial charge on any atom is -0.307 e. The zero-order chi connectivity index (χ0) is 10.1. The third kappa shape index (κ3) is 1.80. The molecule has 2 aliphatic rings. The van der Waals surface area contributed by atoms with Crippen LogP contribution in [0.3, 0.4) is 0 Å². The van der Waals surface area contributed by atoms with Gasteiger partial charge in [0.1, 0.15) is 0 Å². The van der Waals surface area contributed by atoms with Crippen molar-refractivity contribution in [1.82, 2.24) is 10.2 Å². The average molecular weight is 202 g/mol. The van der Waals surface area contributed by atoms with Crippen molar-refractivity contribution in [1.29, 1.82) is 0 Å². The van der Waals surface area contributed by atoms with E-state index in [0.29, 0.717) is 6.04 Å². The van der Waals surface area contributed by atoms with Gasteiger partial charge in [0.2, 0.25) is 0 Å². The maximum absolute atomic E-state index is 3.67. The van der Waals surface area contributed by atoms with Crippen LogP contribution < -0.4 is 5.32 Å². The molecule has 2 heterocycles. The first-order valence-corrected chi connectivity index (χ1v) is 5.96. The van der Waals surface area contributed by atoms with E-state index in [1.807, 2.05) is 0 Å². The standard InChI is InChI=1S/C13H18N2/c1-2-5-11(6-3-1)13-10-15-8-4-7-12(15)9-14-13/h1-3,5-6,12-14H,4,7-10H2/t12-,13+/m1/s1. The molecule has 2 fully saturated rings. The SMILES string of the molecule is c1ccc([C@@H]2CN3CCC[C@@H]3CN2)cc1. The third-order valence-corrected chi connectivity index (χ3v) is 3.72. The molecule has 80 valence electrons. The van der Waals surface area contributed by atoms with Crippen molar-refractivity contribution in [3.8, 4) is 0 Å². The van der Waals surface area contributed by atoms with E-state index in [-0.39, 0.29) is 0 Å². The van der Waals surface area contributed by atoms with Gasteiger partial charge >= 0.3 is 0 Å². The summed E-state index contributed by atoms with van der Waals surface area (Å²) in [4.78, 5) is 2.65. The lowest BCUT2D eigenvalue weighted by Crippen LogP contribution is -2.49. The van der Waals surface area contributed by atoms with Crippen molar-refractivity contribution in [2.45, 2.75) is 24.9 Å². The van der Waals surface area contributed by atoms with Gasteiger partial charge in [-0.25, -0.2) is 0 Å². The highest BCUT2D eigenvalue weighted by Gasteiger charge is 2.31. The van der Waals surface area contributed by atoms with Crippen molar-refractivity contribution in [3.05, 3.63) is 35.9 Å². The largest absolute Gasteiger partial charge is 0.307 e. The molecule has 2 heteroatoms. The molecule has 3 rings (SSSR count). The summed E-state index contributed by atoms with van der Waals surface area (Å²) >= 11 is 0. The quantitative estimate of drug-likeness (QED) is 0.747. The Morgan fingerprint density at radius 2 is 2.07 bits per heavy atom. The highest BCUT2D eigenvalue weighted by Crippen LogP contribution is 2.25. The van der Waals surface area contributed by atoms with E-state index in [1.54, 1.807) is 0 Å². The molecule has 0 unspecified atom stereocenters. The molecule has 0 bridgehead atoms. The number of hydrogen-bond acceptors (Lipinski definition) is 2. The molecule has 1 aromatic carbocycles. The molecule has 1 aromatic rings. The van der Waals surface area contributed by atoms with Crippen LogP contribution in [-0.4, -0.2) is 30.6 Å². The molecule has 0 amide bonds. The second-order valence-corrected chi connectivity index (χ2v) is 4.66. The van der Waals surface area contributed by atoms with E-state index < -0.39 is 0 Å². The van der Waals surface area contributed by atoms with Gasteiger partial charge < -0.3 is 5.32 Å². The fourth-order valence-electron chi connectivity index (χ4n) is 2.85. The first kappa shape index (κ1) is 9.37. The van der Waals surface area contributed by atoms with Gasteiger partial charge in [-0.1, -0.05) is 30.3 Å². The minimum absolute atomic E-state index is 0.542. The number of fused-ring (bicyclic) bond motifs is 1. The third-order valence-electron chi connectivity index (χ3n) is 3.72. The Bertz CT molecular complexity index is 323. The number of benzene rings is 1. The molecule has 2 saturated heterocycles. The van der Waals surface area contributed by atoms with Gasteiger partial charge in [-0.3, -0.25) is 4.90 Å². The lowest BCUT2D eigenvalue weighted by atomic mass is 10.0.